The highest BCUT2D eigenvalue weighted by Gasteiger charge is 2.18. The first-order valence-corrected chi connectivity index (χ1v) is 6.82. The van der Waals surface area contributed by atoms with Crippen LogP contribution in [0.4, 0.5) is 0 Å². The molecule has 104 valence electrons. The van der Waals surface area contributed by atoms with E-state index in [0.29, 0.717) is 5.02 Å². The predicted molar refractivity (Wildman–Crippen MR) is 81.4 cm³/mol. The quantitative estimate of drug-likeness (QED) is 0.907. The summed E-state index contributed by atoms with van der Waals surface area (Å²) < 4.78 is 0. The molecular formula is C16H17ClN2O. The van der Waals surface area contributed by atoms with Crippen molar-refractivity contribution in [3.05, 3.63) is 70.7 Å². The molecule has 2 aromatic carbocycles. The van der Waals surface area contributed by atoms with Crippen LogP contribution in [0.5, 0.6) is 0 Å². The Morgan fingerprint density at radius 3 is 2.35 bits per heavy atom. The average molecular weight is 289 g/mol. The minimum Gasteiger partial charge on any atom is -0.348 e. The molecule has 0 heterocycles. The van der Waals surface area contributed by atoms with Crippen LogP contribution in [-0.2, 0) is 4.79 Å². The third kappa shape index (κ3) is 3.38. The molecule has 3 N–H and O–H groups in total. The normalized spacial score (nSPS) is 13.6. The highest BCUT2D eigenvalue weighted by atomic mass is 35.5. The Kier molecular flexibility index (Phi) is 4.77. The van der Waals surface area contributed by atoms with Gasteiger partial charge in [-0.3, -0.25) is 4.79 Å². The van der Waals surface area contributed by atoms with Crippen LogP contribution in [-0.4, -0.2) is 5.91 Å². The zero-order valence-electron chi connectivity index (χ0n) is 11.2. The summed E-state index contributed by atoms with van der Waals surface area (Å²) in [5.74, 6) is -0.219. The lowest BCUT2D eigenvalue weighted by molar-refractivity contribution is -0.123. The van der Waals surface area contributed by atoms with Gasteiger partial charge >= 0.3 is 0 Å². The molecule has 0 fully saturated rings. The molecule has 1 unspecified atom stereocenters. The molecule has 4 heteroatoms. The number of carbonyl (C=O) groups is 1. The fraction of sp³-hybridized carbons (Fsp3) is 0.188. The molecule has 0 bridgehead atoms. The van der Waals surface area contributed by atoms with Gasteiger partial charge in [0.25, 0.3) is 0 Å². The van der Waals surface area contributed by atoms with E-state index in [-0.39, 0.29) is 11.9 Å². The minimum atomic E-state index is -0.680. The number of amides is 1. The standard InChI is InChI=1S/C16H17ClN2O/c1-11(13-9-5-6-10-14(13)17)19-16(20)15(18)12-7-3-2-4-8-12/h2-11,15H,18H2,1H3,(H,19,20)/t11-,15?/m1/s1. The van der Waals surface area contributed by atoms with Gasteiger partial charge in [-0.05, 0) is 24.1 Å². The topological polar surface area (TPSA) is 55.1 Å². The van der Waals surface area contributed by atoms with Crippen molar-refractivity contribution in [2.24, 2.45) is 5.73 Å². The third-order valence-electron chi connectivity index (χ3n) is 3.17. The summed E-state index contributed by atoms with van der Waals surface area (Å²) >= 11 is 6.12. The van der Waals surface area contributed by atoms with Crippen LogP contribution in [0.1, 0.15) is 30.1 Å². The van der Waals surface area contributed by atoms with Crippen LogP contribution in [0.2, 0.25) is 5.02 Å². The second-order valence-corrected chi connectivity index (χ2v) is 5.05. The molecular weight excluding hydrogens is 272 g/mol. The van der Waals surface area contributed by atoms with Gasteiger partial charge in [0.05, 0.1) is 6.04 Å². The number of nitrogens with one attached hydrogen (secondary N) is 1. The average Bonchev–Trinajstić information content (AvgIpc) is 2.47. The SMILES string of the molecule is C[C@@H](NC(=O)C(N)c1ccccc1)c1ccccc1Cl. The van der Waals surface area contributed by atoms with Gasteiger partial charge in [-0.15, -0.1) is 0 Å². The Morgan fingerprint density at radius 1 is 1.10 bits per heavy atom. The first kappa shape index (κ1) is 14.6. The Morgan fingerprint density at radius 2 is 1.70 bits per heavy atom. The van der Waals surface area contributed by atoms with Crippen LogP contribution in [0, 0.1) is 0 Å². The van der Waals surface area contributed by atoms with E-state index in [1.54, 1.807) is 6.07 Å². The van der Waals surface area contributed by atoms with Gasteiger partial charge in [0.15, 0.2) is 0 Å². The maximum absolute atomic E-state index is 12.2. The first-order chi connectivity index (χ1) is 9.59. The van der Waals surface area contributed by atoms with Crippen molar-refractivity contribution in [1.82, 2.24) is 5.32 Å². The summed E-state index contributed by atoms with van der Waals surface area (Å²) in [5.41, 5.74) is 7.62. The Bertz CT molecular complexity index is 586. The lowest BCUT2D eigenvalue weighted by Crippen LogP contribution is -2.35. The summed E-state index contributed by atoms with van der Waals surface area (Å²) in [6.45, 7) is 1.89. The van der Waals surface area contributed by atoms with E-state index >= 15 is 0 Å². The molecule has 0 aromatic heterocycles. The van der Waals surface area contributed by atoms with Crippen molar-refractivity contribution in [2.45, 2.75) is 19.0 Å². The fourth-order valence-corrected chi connectivity index (χ4v) is 2.32. The van der Waals surface area contributed by atoms with Gasteiger partial charge in [-0.2, -0.15) is 0 Å². The Labute approximate surface area is 123 Å². The second kappa shape index (κ2) is 6.55. The van der Waals surface area contributed by atoms with Crippen molar-refractivity contribution in [2.75, 3.05) is 0 Å². The summed E-state index contributed by atoms with van der Waals surface area (Å²) in [6, 6.07) is 15.9. The van der Waals surface area contributed by atoms with Crippen molar-refractivity contribution in [3.8, 4) is 0 Å². The number of hydrogen-bond acceptors (Lipinski definition) is 2. The molecule has 1 amide bonds. The maximum Gasteiger partial charge on any atom is 0.241 e. The monoisotopic (exact) mass is 288 g/mol. The molecule has 0 aliphatic carbocycles. The van der Waals surface area contributed by atoms with Gasteiger partial charge in [-0.1, -0.05) is 60.1 Å². The van der Waals surface area contributed by atoms with E-state index in [2.05, 4.69) is 5.32 Å². The predicted octanol–water partition coefficient (Wildman–Crippen LogP) is 3.22. The molecule has 0 aliphatic heterocycles. The maximum atomic E-state index is 12.2. The van der Waals surface area contributed by atoms with E-state index < -0.39 is 6.04 Å². The lowest BCUT2D eigenvalue weighted by Gasteiger charge is -2.19. The molecule has 0 spiro atoms. The Hall–Kier alpha value is -1.84. The van der Waals surface area contributed by atoms with E-state index in [4.69, 9.17) is 17.3 Å². The molecule has 0 saturated carbocycles. The van der Waals surface area contributed by atoms with Gasteiger partial charge < -0.3 is 11.1 Å². The smallest absolute Gasteiger partial charge is 0.241 e. The van der Waals surface area contributed by atoms with Crippen molar-refractivity contribution in [1.29, 1.82) is 0 Å². The van der Waals surface area contributed by atoms with Crippen LogP contribution < -0.4 is 11.1 Å². The van der Waals surface area contributed by atoms with E-state index in [1.807, 2.05) is 55.5 Å². The van der Waals surface area contributed by atoms with Crippen molar-refractivity contribution < 1.29 is 4.79 Å². The number of hydrogen-bond donors (Lipinski definition) is 2. The fourth-order valence-electron chi connectivity index (χ4n) is 2.02. The highest BCUT2D eigenvalue weighted by molar-refractivity contribution is 6.31. The summed E-state index contributed by atoms with van der Waals surface area (Å²) in [7, 11) is 0. The zero-order valence-corrected chi connectivity index (χ0v) is 12.0. The van der Waals surface area contributed by atoms with Gasteiger partial charge in [0, 0.05) is 5.02 Å². The summed E-state index contributed by atoms with van der Waals surface area (Å²) in [4.78, 5) is 12.2. The molecule has 0 aliphatic rings. The molecule has 0 radical (unpaired) electrons. The van der Waals surface area contributed by atoms with Gasteiger partial charge in [-0.25, -0.2) is 0 Å². The van der Waals surface area contributed by atoms with Crippen LogP contribution in [0.15, 0.2) is 54.6 Å². The van der Waals surface area contributed by atoms with Crippen LogP contribution in [0.25, 0.3) is 0 Å². The van der Waals surface area contributed by atoms with E-state index in [9.17, 15) is 4.79 Å². The third-order valence-corrected chi connectivity index (χ3v) is 3.52. The number of nitrogens with two attached hydrogens (primary N) is 1. The second-order valence-electron chi connectivity index (χ2n) is 4.64. The first-order valence-electron chi connectivity index (χ1n) is 6.45. The number of carbonyl (C=O) groups excluding carboxylic acids is 1. The van der Waals surface area contributed by atoms with Crippen LogP contribution in [0.3, 0.4) is 0 Å². The summed E-state index contributed by atoms with van der Waals surface area (Å²) in [6.07, 6.45) is 0. The molecule has 2 aromatic rings. The van der Waals surface area contributed by atoms with E-state index in [1.165, 1.54) is 0 Å². The van der Waals surface area contributed by atoms with Crippen LogP contribution >= 0.6 is 11.6 Å². The summed E-state index contributed by atoms with van der Waals surface area (Å²) in [5, 5.41) is 3.52. The molecule has 20 heavy (non-hydrogen) atoms. The Balaban J connectivity index is 2.07. The molecule has 2 rings (SSSR count). The molecule has 2 atom stereocenters. The minimum absolute atomic E-state index is 0.189. The molecule has 0 saturated heterocycles. The largest absolute Gasteiger partial charge is 0.348 e. The van der Waals surface area contributed by atoms with Crippen molar-refractivity contribution in [3.63, 3.8) is 0 Å². The van der Waals surface area contributed by atoms with E-state index in [0.717, 1.165) is 11.1 Å². The number of rotatable bonds is 4. The van der Waals surface area contributed by atoms with Gasteiger partial charge in [0.1, 0.15) is 6.04 Å². The number of halogens is 1. The molecule has 3 nitrogen and oxygen atoms in total. The lowest BCUT2D eigenvalue weighted by atomic mass is 10.1. The number of benzene rings is 2. The van der Waals surface area contributed by atoms with Crippen molar-refractivity contribution >= 4 is 17.5 Å². The highest BCUT2D eigenvalue weighted by Crippen LogP contribution is 2.22. The van der Waals surface area contributed by atoms with Gasteiger partial charge in [0.2, 0.25) is 5.91 Å². The zero-order chi connectivity index (χ0) is 14.5.